The lowest BCUT2D eigenvalue weighted by molar-refractivity contribution is 0.0570. The molecular formula is C11H25NO. The van der Waals surface area contributed by atoms with Gasteiger partial charge in [-0.3, -0.25) is 0 Å². The maximum absolute atomic E-state index is 5.60. The van der Waals surface area contributed by atoms with Gasteiger partial charge in [-0.15, -0.1) is 0 Å². The Morgan fingerprint density at radius 3 is 2.23 bits per heavy atom. The van der Waals surface area contributed by atoms with Crippen molar-refractivity contribution < 1.29 is 4.74 Å². The molecule has 0 amide bonds. The van der Waals surface area contributed by atoms with E-state index in [0.717, 1.165) is 32.5 Å². The maximum Gasteiger partial charge on any atom is 0.0544 e. The molecule has 2 heteroatoms. The summed E-state index contributed by atoms with van der Waals surface area (Å²) in [7, 11) is 0. The standard InChI is InChI=1S/C11H25NO/c1-5-11(4)13-10-8-9-12(6-2)7-3/h11H,5-10H2,1-4H3. The smallest absolute Gasteiger partial charge is 0.0544 e. The third-order valence-electron chi connectivity index (χ3n) is 2.49. The average Bonchev–Trinajstić information content (AvgIpc) is 2.18. The third-order valence-corrected chi connectivity index (χ3v) is 2.49. The van der Waals surface area contributed by atoms with E-state index in [2.05, 4.69) is 32.6 Å². The highest BCUT2D eigenvalue weighted by atomic mass is 16.5. The predicted molar refractivity (Wildman–Crippen MR) is 58.1 cm³/mol. The summed E-state index contributed by atoms with van der Waals surface area (Å²) in [4.78, 5) is 2.43. The molecule has 0 bridgehead atoms. The number of ether oxygens (including phenoxy) is 1. The molecular weight excluding hydrogens is 162 g/mol. The van der Waals surface area contributed by atoms with Gasteiger partial charge >= 0.3 is 0 Å². The van der Waals surface area contributed by atoms with Gasteiger partial charge in [-0.25, -0.2) is 0 Å². The first-order valence-electron chi connectivity index (χ1n) is 5.58. The normalized spacial score (nSPS) is 13.6. The summed E-state index contributed by atoms with van der Waals surface area (Å²) < 4.78 is 5.60. The summed E-state index contributed by atoms with van der Waals surface area (Å²) in [6, 6.07) is 0. The van der Waals surface area contributed by atoms with Crippen LogP contribution in [-0.4, -0.2) is 37.2 Å². The highest BCUT2D eigenvalue weighted by Crippen LogP contribution is 1.98. The van der Waals surface area contributed by atoms with E-state index in [-0.39, 0.29) is 0 Å². The SMILES string of the molecule is CCC(C)OCCCN(CC)CC. The quantitative estimate of drug-likeness (QED) is 0.541. The molecule has 0 aromatic rings. The van der Waals surface area contributed by atoms with Crippen molar-refractivity contribution in [3.05, 3.63) is 0 Å². The van der Waals surface area contributed by atoms with Gasteiger partial charge in [-0.2, -0.15) is 0 Å². The van der Waals surface area contributed by atoms with Gasteiger partial charge in [0.25, 0.3) is 0 Å². The highest BCUT2D eigenvalue weighted by Gasteiger charge is 2.00. The summed E-state index contributed by atoms with van der Waals surface area (Å²) in [5.74, 6) is 0. The second kappa shape index (κ2) is 8.52. The number of hydrogen-bond donors (Lipinski definition) is 0. The fraction of sp³-hybridized carbons (Fsp3) is 1.00. The fourth-order valence-electron chi connectivity index (χ4n) is 1.23. The largest absolute Gasteiger partial charge is 0.378 e. The lowest BCUT2D eigenvalue weighted by atomic mass is 10.3. The molecule has 0 aliphatic heterocycles. The number of rotatable bonds is 8. The van der Waals surface area contributed by atoms with Crippen molar-refractivity contribution in [3.8, 4) is 0 Å². The van der Waals surface area contributed by atoms with E-state index < -0.39 is 0 Å². The number of nitrogens with zero attached hydrogens (tertiary/aromatic N) is 1. The Labute approximate surface area is 83.3 Å². The first kappa shape index (κ1) is 12.9. The molecule has 0 fully saturated rings. The van der Waals surface area contributed by atoms with Crippen molar-refractivity contribution in [3.63, 3.8) is 0 Å². The van der Waals surface area contributed by atoms with Gasteiger partial charge in [-0.05, 0) is 32.9 Å². The molecule has 0 rings (SSSR count). The zero-order valence-electron chi connectivity index (χ0n) is 9.68. The fourth-order valence-corrected chi connectivity index (χ4v) is 1.23. The molecule has 0 heterocycles. The summed E-state index contributed by atoms with van der Waals surface area (Å²) >= 11 is 0. The monoisotopic (exact) mass is 187 g/mol. The van der Waals surface area contributed by atoms with Crippen molar-refractivity contribution in [1.29, 1.82) is 0 Å². The van der Waals surface area contributed by atoms with Crippen LogP contribution >= 0.6 is 0 Å². The third kappa shape index (κ3) is 7.03. The van der Waals surface area contributed by atoms with Gasteiger partial charge < -0.3 is 9.64 Å². The Morgan fingerprint density at radius 1 is 1.15 bits per heavy atom. The van der Waals surface area contributed by atoms with Crippen LogP contribution < -0.4 is 0 Å². The second-order valence-corrected chi connectivity index (χ2v) is 3.47. The van der Waals surface area contributed by atoms with Crippen LogP contribution in [0.15, 0.2) is 0 Å². The van der Waals surface area contributed by atoms with E-state index in [0.29, 0.717) is 6.10 Å². The Bertz CT molecular complexity index is 102. The topological polar surface area (TPSA) is 12.5 Å². The molecule has 0 aliphatic carbocycles. The van der Waals surface area contributed by atoms with E-state index in [1.54, 1.807) is 0 Å². The lowest BCUT2D eigenvalue weighted by Crippen LogP contribution is -2.25. The van der Waals surface area contributed by atoms with E-state index in [1.165, 1.54) is 6.54 Å². The lowest BCUT2D eigenvalue weighted by Gasteiger charge is -2.18. The molecule has 1 unspecified atom stereocenters. The van der Waals surface area contributed by atoms with Crippen LogP contribution in [0.25, 0.3) is 0 Å². The van der Waals surface area contributed by atoms with Gasteiger partial charge in [0.05, 0.1) is 6.10 Å². The Morgan fingerprint density at radius 2 is 1.77 bits per heavy atom. The molecule has 80 valence electrons. The maximum atomic E-state index is 5.60. The molecule has 0 saturated carbocycles. The van der Waals surface area contributed by atoms with Crippen molar-refractivity contribution >= 4 is 0 Å². The van der Waals surface area contributed by atoms with Gasteiger partial charge in [0, 0.05) is 13.2 Å². The van der Waals surface area contributed by atoms with Crippen molar-refractivity contribution in [1.82, 2.24) is 4.90 Å². The molecule has 0 aliphatic rings. The van der Waals surface area contributed by atoms with Crippen LogP contribution in [0.1, 0.15) is 40.5 Å². The summed E-state index contributed by atoms with van der Waals surface area (Å²) in [6.07, 6.45) is 2.70. The first-order valence-corrected chi connectivity index (χ1v) is 5.58. The minimum atomic E-state index is 0.428. The minimum absolute atomic E-state index is 0.428. The minimum Gasteiger partial charge on any atom is -0.378 e. The van der Waals surface area contributed by atoms with Crippen LogP contribution in [0.3, 0.4) is 0 Å². The Kier molecular flexibility index (Phi) is 8.46. The summed E-state index contributed by atoms with van der Waals surface area (Å²) in [5, 5.41) is 0. The number of hydrogen-bond acceptors (Lipinski definition) is 2. The van der Waals surface area contributed by atoms with Gasteiger partial charge in [0.15, 0.2) is 0 Å². The molecule has 0 spiro atoms. The van der Waals surface area contributed by atoms with Gasteiger partial charge in [0.1, 0.15) is 0 Å². The van der Waals surface area contributed by atoms with Crippen molar-refractivity contribution in [2.75, 3.05) is 26.2 Å². The molecule has 13 heavy (non-hydrogen) atoms. The molecule has 2 nitrogen and oxygen atoms in total. The molecule has 1 atom stereocenters. The molecule has 0 radical (unpaired) electrons. The molecule has 0 aromatic heterocycles. The van der Waals surface area contributed by atoms with E-state index in [1.807, 2.05) is 0 Å². The summed E-state index contributed by atoms with van der Waals surface area (Å²) in [5.41, 5.74) is 0. The molecule has 0 N–H and O–H groups in total. The van der Waals surface area contributed by atoms with Gasteiger partial charge in [-0.1, -0.05) is 20.8 Å². The van der Waals surface area contributed by atoms with Crippen LogP contribution in [0, 0.1) is 0 Å². The van der Waals surface area contributed by atoms with Gasteiger partial charge in [0.2, 0.25) is 0 Å². The van der Waals surface area contributed by atoms with E-state index in [9.17, 15) is 0 Å². The van der Waals surface area contributed by atoms with Crippen LogP contribution in [-0.2, 0) is 4.74 Å². The van der Waals surface area contributed by atoms with Crippen molar-refractivity contribution in [2.45, 2.75) is 46.6 Å². The average molecular weight is 187 g/mol. The summed E-state index contributed by atoms with van der Waals surface area (Å²) in [6.45, 7) is 13.1. The molecule has 0 saturated heterocycles. The van der Waals surface area contributed by atoms with Crippen LogP contribution in [0.4, 0.5) is 0 Å². The zero-order valence-corrected chi connectivity index (χ0v) is 9.68. The van der Waals surface area contributed by atoms with Crippen LogP contribution in [0.2, 0.25) is 0 Å². The van der Waals surface area contributed by atoms with E-state index >= 15 is 0 Å². The predicted octanol–water partition coefficient (Wildman–Crippen LogP) is 2.53. The second-order valence-electron chi connectivity index (χ2n) is 3.47. The molecule has 0 aromatic carbocycles. The Hall–Kier alpha value is -0.0800. The highest BCUT2D eigenvalue weighted by molar-refractivity contribution is 4.52. The van der Waals surface area contributed by atoms with Crippen LogP contribution in [0.5, 0.6) is 0 Å². The van der Waals surface area contributed by atoms with E-state index in [4.69, 9.17) is 4.74 Å². The zero-order chi connectivity index (χ0) is 10.1. The van der Waals surface area contributed by atoms with Crippen molar-refractivity contribution in [2.24, 2.45) is 0 Å². The Balaban J connectivity index is 3.23. The first-order chi connectivity index (χ1) is 6.24.